The van der Waals surface area contributed by atoms with Crippen molar-refractivity contribution in [1.29, 1.82) is 0 Å². The first-order chi connectivity index (χ1) is 11.5. The van der Waals surface area contributed by atoms with E-state index in [9.17, 15) is 9.18 Å². The molecule has 0 heterocycles. The first kappa shape index (κ1) is 19.7. The van der Waals surface area contributed by atoms with Gasteiger partial charge in [-0.1, -0.05) is 18.2 Å². The molecule has 0 fully saturated rings. The largest absolute Gasteiger partial charge is 0.369 e. The Kier molecular flexibility index (Phi) is 8.54. The monoisotopic (exact) mass is 334 g/mol. The molecule has 1 aromatic carbocycles. The lowest BCUT2D eigenvalue weighted by Gasteiger charge is -2.23. The molecule has 0 aromatic heterocycles. The number of benzene rings is 1. The first-order valence-corrected chi connectivity index (χ1v) is 8.04. The lowest BCUT2D eigenvalue weighted by Crippen LogP contribution is -2.44. The van der Waals surface area contributed by atoms with Crippen LogP contribution in [0.5, 0.6) is 0 Å². The van der Waals surface area contributed by atoms with Gasteiger partial charge in [-0.15, -0.1) is 6.58 Å². The van der Waals surface area contributed by atoms with Crippen molar-refractivity contribution in [2.24, 2.45) is 16.6 Å². The summed E-state index contributed by atoms with van der Waals surface area (Å²) in [6, 6.07) is 6.10. The maximum absolute atomic E-state index is 13.0. The van der Waals surface area contributed by atoms with Crippen molar-refractivity contribution in [2.45, 2.75) is 19.3 Å². The number of unbranched alkanes of at least 4 members (excludes halogenated alkanes) is 1. The predicted molar refractivity (Wildman–Crippen MR) is 96.2 cm³/mol. The molecule has 1 rings (SSSR count). The van der Waals surface area contributed by atoms with Gasteiger partial charge in [-0.3, -0.25) is 9.79 Å². The topological polar surface area (TPSA) is 70.7 Å². The van der Waals surface area contributed by atoms with Gasteiger partial charge in [0.1, 0.15) is 5.82 Å². The van der Waals surface area contributed by atoms with E-state index in [0.29, 0.717) is 18.9 Å². The van der Waals surface area contributed by atoms with Crippen molar-refractivity contribution in [3.05, 3.63) is 48.3 Å². The zero-order valence-electron chi connectivity index (χ0n) is 14.5. The molecule has 0 spiro atoms. The minimum atomic E-state index is -0.395. The number of rotatable bonds is 9. The van der Waals surface area contributed by atoms with Gasteiger partial charge in [-0.05, 0) is 37.0 Å². The van der Waals surface area contributed by atoms with Crippen LogP contribution >= 0.6 is 0 Å². The number of primary amides is 1. The Balaban J connectivity index is 2.59. The van der Waals surface area contributed by atoms with Crippen molar-refractivity contribution in [3.8, 4) is 0 Å². The molecule has 3 N–H and O–H groups in total. The molecule has 24 heavy (non-hydrogen) atoms. The minimum Gasteiger partial charge on any atom is -0.369 e. The average molecular weight is 334 g/mol. The van der Waals surface area contributed by atoms with Gasteiger partial charge in [0.2, 0.25) is 5.91 Å². The highest BCUT2D eigenvalue weighted by Crippen LogP contribution is 2.10. The van der Waals surface area contributed by atoms with Gasteiger partial charge < -0.3 is 16.0 Å². The van der Waals surface area contributed by atoms with E-state index >= 15 is 0 Å². The summed E-state index contributed by atoms with van der Waals surface area (Å²) >= 11 is 0. The summed E-state index contributed by atoms with van der Waals surface area (Å²) in [6.45, 7) is 4.93. The van der Waals surface area contributed by atoms with Crippen LogP contribution < -0.4 is 11.1 Å². The Hall–Kier alpha value is -2.37. The Morgan fingerprint density at radius 1 is 1.46 bits per heavy atom. The van der Waals surface area contributed by atoms with Crippen molar-refractivity contribution < 1.29 is 9.18 Å². The summed E-state index contributed by atoms with van der Waals surface area (Å²) in [7, 11) is 3.64. The van der Waals surface area contributed by atoms with Crippen LogP contribution in [-0.2, 0) is 11.2 Å². The van der Waals surface area contributed by atoms with Gasteiger partial charge in [-0.25, -0.2) is 4.39 Å². The molecule has 0 saturated carbocycles. The van der Waals surface area contributed by atoms with Crippen LogP contribution in [0.2, 0.25) is 0 Å². The number of halogens is 1. The summed E-state index contributed by atoms with van der Waals surface area (Å²) in [5.74, 6) is -0.371. The minimum absolute atomic E-state index is 0.297. The summed E-state index contributed by atoms with van der Waals surface area (Å²) in [4.78, 5) is 17.9. The second kappa shape index (κ2) is 10.4. The van der Waals surface area contributed by atoms with Crippen LogP contribution in [-0.4, -0.2) is 44.0 Å². The number of carbonyl (C=O) groups is 1. The molecule has 0 aliphatic heterocycles. The molecule has 5 nitrogen and oxygen atoms in total. The third-order valence-corrected chi connectivity index (χ3v) is 3.78. The van der Waals surface area contributed by atoms with Gasteiger partial charge >= 0.3 is 0 Å². The van der Waals surface area contributed by atoms with Gasteiger partial charge in [0.25, 0.3) is 0 Å². The SMILES string of the molecule is C=CCCCN(C)C(=NC)NCC(Cc1ccc(F)cc1)C(N)=O. The fourth-order valence-corrected chi connectivity index (χ4v) is 2.36. The van der Waals surface area contributed by atoms with Crippen LogP contribution in [0, 0.1) is 11.7 Å². The highest BCUT2D eigenvalue weighted by atomic mass is 19.1. The van der Waals surface area contributed by atoms with E-state index in [1.165, 1.54) is 12.1 Å². The summed E-state index contributed by atoms with van der Waals surface area (Å²) < 4.78 is 13.0. The highest BCUT2D eigenvalue weighted by Gasteiger charge is 2.17. The Morgan fingerprint density at radius 2 is 2.12 bits per heavy atom. The number of allylic oxidation sites excluding steroid dienone is 1. The van der Waals surface area contributed by atoms with E-state index in [0.717, 1.165) is 24.9 Å². The molecule has 0 aliphatic rings. The van der Waals surface area contributed by atoms with Crippen molar-refractivity contribution in [3.63, 3.8) is 0 Å². The zero-order valence-corrected chi connectivity index (χ0v) is 14.5. The van der Waals surface area contributed by atoms with Crippen molar-refractivity contribution >= 4 is 11.9 Å². The molecule has 0 radical (unpaired) electrons. The summed E-state index contributed by atoms with van der Waals surface area (Å²) in [6.07, 6.45) is 4.26. The molecule has 0 saturated heterocycles. The Bertz CT molecular complexity index is 557. The third kappa shape index (κ3) is 6.81. The van der Waals surface area contributed by atoms with E-state index in [1.807, 2.05) is 18.0 Å². The normalized spacial score (nSPS) is 12.5. The number of hydrogen-bond acceptors (Lipinski definition) is 2. The molecule has 1 atom stereocenters. The molecule has 6 heteroatoms. The number of nitrogens with two attached hydrogens (primary N) is 1. The van der Waals surface area contributed by atoms with Crippen LogP contribution in [0.25, 0.3) is 0 Å². The van der Waals surface area contributed by atoms with Crippen LogP contribution in [0.1, 0.15) is 18.4 Å². The molecule has 0 bridgehead atoms. The molecule has 0 aliphatic carbocycles. The summed E-state index contributed by atoms with van der Waals surface area (Å²) in [5.41, 5.74) is 6.37. The Morgan fingerprint density at radius 3 is 2.67 bits per heavy atom. The number of aliphatic imine (C=N–C) groups is 1. The average Bonchev–Trinajstić information content (AvgIpc) is 2.56. The van der Waals surface area contributed by atoms with Gasteiger partial charge in [-0.2, -0.15) is 0 Å². The lowest BCUT2D eigenvalue weighted by atomic mass is 9.98. The smallest absolute Gasteiger partial charge is 0.222 e. The van der Waals surface area contributed by atoms with E-state index in [2.05, 4.69) is 16.9 Å². The van der Waals surface area contributed by atoms with Crippen LogP contribution in [0.3, 0.4) is 0 Å². The van der Waals surface area contributed by atoms with Crippen LogP contribution in [0.15, 0.2) is 41.9 Å². The van der Waals surface area contributed by atoms with E-state index in [-0.39, 0.29) is 5.82 Å². The van der Waals surface area contributed by atoms with Crippen LogP contribution in [0.4, 0.5) is 4.39 Å². The quantitative estimate of drug-likeness (QED) is 0.314. The van der Waals surface area contributed by atoms with E-state index < -0.39 is 11.8 Å². The molecule has 1 aromatic rings. The van der Waals surface area contributed by atoms with Gasteiger partial charge in [0.05, 0.1) is 5.92 Å². The fourth-order valence-electron chi connectivity index (χ4n) is 2.36. The number of nitrogens with one attached hydrogen (secondary N) is 1. The second-order valence-corrected chi connectivity index (χ2v) is 5.71. The number of amides is 1. The second-order valence-electron chi connectivity index (χ2n) is 5.71. The van der Waals surface area contributed by atoms with E-state index in [4.69, 9.17) is 5.73 Å². The number of nitrogens with zero attached hydrogens (tertiary/aromatic N) is 2. The lowest BCUT2D eigenvalue weighted by molar-refractivity contribution is -0.121. The highest BCUT2D eigenvalue weighted by molar-refractivity contribution is 5.81. The Labute approximate surface area is 143 Å². The molecular weight excluding hydrogens is 307 g/mol. The maximum atomic E-state index is 13.0. The van der Waals surface area contributed by atoms with E-state index in [1.54, 1.807) is 19.2 Å². The molecule has 1 amide bonds. The molecular formula is C18H27FN4O. The first-order valence-electron chi connectivity index (χ1n) is 8.04. The van der Waals surface area contributed by atoms with Crippen molar-refractivity contribution in [2.75, 3.05) is 27.2 Å². The molecule has 132 valence electrons. The standard InChI is InChI=1S/C18H27FN4O/c1-4-5-6-11-23(3)18(21-2)22-13-15(17(20)24)12-14-7-9-16(19)10-8-14/h4,7-10,15H,1,5-6,11-13H2,2-3H3,(H2,20,24)(H,21,22). The third-order valence-electron chi connectivity index (χ3n) is 3.78. The number of guanidine groups is 1. The van der Waals surface area contributed by atoms with Gasteiger partial charge in [0.15, 0.2) is 5.96 Å². The zero-order chi connectivity index (χ0) is 17.9. The van der Waals surface area contributed by atoms with Gasteiger partial charge in [0, 0.05) is 27.2 Å². The maximum Gasteiger partial charge on any atom is 0.222 e. The fraction of sp³-hybridized carbons (Fsp3) is 0.444. The molecule has 1 unspecified atom stereocenters. The summed E-state index contributed by atoms with van der Waals surface area (Å²) in [5, 5.41) is 3.18. The number of hydrogen-bond donors (Lipinski definition) is 2. The van der Waals surface area contributed by atoms with Crippen molar-refractivity contribution in [1.82, 2.24) is 10.2 Å². The number of carbonyl (C=O) groups excluding carboxylic acids is 1. The predicted octanol–water partition coefficient (Wildman–Crippen LogP) is 1.94.